The van der Waals surface area contributed by atoms with E-state index >= 15 is 0 Å². The first-order chi connectivity index (χ1) is 7.58. The van der Waals surface area contributed by atoms with Crippen LogP contribution in [0.4, 0.5) is 0 Å². The van der Waals surface area contributed by atoms with Crippen LogP contribution in [-0.4, -0.2) is 17.3 Å². The number of halogens is 2. The van der Waals surface area contributed by atoms with Crippen molar-refractivity contribution < 1.29 is 9.21 Å². The minimum Gasteiger partial charge on any atom is -0.457 e. The predicted octanol–water partition coefficient (Wildman–Crippen LogP) is 3.57. The first-order valence-corrected chi connectivity index (χ1v) is 6.52. The molecule has 0 fully saturated rings. The van der Waals surface area contributed by atoms with Crippen molar-refractivity contribution in [3.63, 3.8) is 0 Å². The summed E-state index contributed by atoms with van der Waals surface area (Å²) < 4.78 is 5.47. The summed E-state index contributed by atoms with van der Waals surface area (Å²) in [6.45, 7) is 4.02. The van der Waals surface area contributed by atoms with Gasteiger partial charge in [0.15, 0.2) is 4.67 Å². The average Bonchev–Trinajstić information content (AvgIpc) is 2.72. The molecule has 0 aliphatic heterocycles. The third-order valence-corrected chi connectivity index (χ3v) is 3.98. The highest BCUT2D eigenvalue weighted by atomic mass is 79.9. The van der Waals surface area contributed by atoms with Gasteiger partial charge in [0.05, 0.1) is 17.4 Å². The molecule has 1 rings (SSSR count). The molecule has 1 aromatic heterocycles. The van der Waals surface area contributed by atoms with E-state index in [4.69, 9.17) is 16.0 Å². The molecule has 1 N–H and O–H groups in total. The summed E-state index contributed by atoms with van der Waals surface area (Å²) in [5.41, 5.74) is 0.159. The normalized spacial score (nSPS) is 11.5. The van der Waals surface area contributed by atoms with Crippen molar-refractivity contribution >= 4 is 33.4 Å². The fourth-order valence-electron chi connectivity index (χ4n) is 1.41. The van der Waals surface area contributed by atoms with Crippen LogP contribution >= 0.6 is 27.5 Å². The van der Waals surface area contributed by atoms with Gasteiger partial charge < -0.3 is 9.73 Å². The lowest BCUT2D eigenvalue weighted by molar-refractivity contribution is 0.0900. The maximum Gasteiger partial charge on any atom is 0.256 e. The van der Waals surface area contributed by atoms with E-state index in [-0.39, 0.29) is 11.4 Å². The van der Waals surface area contributed by atoms with Gasteiger partial charge in [-0.25, -0.2) is 0 Å². The van der Waals surface area contributed by atoms with Gasteiger partial charge in [0.2, 0.25) is 0 Å². The van der Waals surface area contributed by atoms with E-state index in [1.54, 1.807) is 6.07 Å². The molecule has 0 unspecified atom stereocenters. The third kappa shape index (κ3) is 2.80. The van der Waals surface area contributed by atoms with Gasteiger partial charge >= 0.3 is 0 Å². The molecule has 1 amide bonds. The predicted molar refractivity (Wildman–Crippen MR) is 67.9 cm³/mol. The van der Waals surface area contributed by atoms with Crippen LogP contribution in [0.15, 0.2) is 21.4 Å². The van der Waals surface area contributed by atoms with E-state index in [1.165, 1.54) is 6.26 Å². The Bertz CT molecular complexity index is 352. The number of alkyl halides is 1. The molecule has 0 radical (unpaired) electrons. The number of carbonyl (C=O) groups is 1. The van der Waals surface area contributed by atoms with Gasteiger partial charge in [0.1, 0.15) is 0 Å². The summed E-state index contributed by atoms with van der Waals surface area (Å²) in [7, 11) is 0. The number of carbonyl (C=O) groups excluding carboxylic acids is 1. The summed E-state index contributed by atoms with van der Waals surface area (Å²) in [4.78, 5) is 12.0. The van der Waals surface area contributed by atoms with E-state index in [0.717, 1.165) is 12.8 Å². The molecule has 0 atom stereocenters. The van der Waals surface area contributed by atoms with Crippen molar-refractivity contribution in [1.29, 1.82) is 0 Å². The molecule has 0 aliphatic carbocycles. The molecule has 3 nitrogen and oxygen atoms in total. The molecular weight excluding hydrogens is 293 g/mol. The van der Waals surface area contributed by atoms with E-state index in [1.807, 2.05) is 13.8 Å². The van der Waals surface area contributed by atoms with Crippen LogP contribution in [0.2, 0.25) is 0 Å². The molecule has 0 spiro atoms. The summed E-state index contributed by atoms with van der Waals surface area (Å²) in [5.74, 6) is 0.242. The zero-order chi connectivity index (χ0) is 12.2. The third-order valence-electron chi connectivity index (χ3n) is 2.85. The summed E-state index contributed by atoms with van der Waals surface area (Å²) in [5, 5.41) is 2.96. The van der Waals surface area contributed by atoms with Crippen molar-refractivity contribution in [1.82, 2.24) is 5.32 Å². The Morgan fingerprint density at radius 2 is 2.19 bits per heavy atom. The van der Waals surface area contributed by atoms with E-state index in [9.17, 15) is 4.79 Å². The number of hydrogen-bond donors (Lipinski definition) is 1. The topological polar surface area (TPSA) is 42.2 Å². The van der Waals surface area contributed by atoms with Crippen LogP contribution in [0, 0.1) is 0 Å². The lowest BCUT2D eigenvalue weighted by Gasteiger charge is -2.30. The Morgan fingerprint density at radius 3 is 2.56 bits per heavy atom. The largest absolute Gasteiger partial charge is 0.457 e. The van der Waals surface area contributed by atoms with E-state index in [2.05, 4.69) is 21.2 Å². The second-order valence-corrected chi connectivity index (χ2v) is 4.67. The van der Waals surface area contributed by atoms with Gasteiger partial charge in [-0.15, -0.1) is 11.6 Å². The molecule has 90 valence electrons. The SMILES string of the molecule is CCC(CC)(CCl)NC(=O)c1ccoc1Br. The molecule has 0 saturated heterocycles. The Balaban J connectivity index is 2.81. The van der Waals surface area contributed by atoms with Gasteiger partial charge in [-0.3, -0.25) is 4.79 Å². The zero-order valence-electron chi connectivity index (χ0n) is 9.35. The Labute approximate surface area is 109 Å². The molecular formula is C11H15BrClNO2. The number of nitrogens with one attached hydrogen (secondary N) is 1. The van der Waals surface area contributed by atoms with Crippen molar-refractivity contribution in [2.75, 3.05) is 5.88 Å². The maximum absolute atomic E-state index is 12.0. The standard InChI is InChI=1S/C11H15BrClNO2/c1-3-11(4-2,7-13)14-10(15)8-5-6-16-9(8)12/h5-6H,3-4,7H2,1-2H3,(H,14,15). The zero-order valence-corrected chi connectivity index (χ0v) is 11.7. The van der Waals surface area contributed by atoms with Crippen molar-refractivity contribution in [3.8, 4) is 0 Å². The van der Waals surface area contributed by atoms with Gasteiger partial charge in [-0.05, 0) is 34.8 Å². The van der Waals surface area contributed by atoms with Crippen LogP contribution in [0.5, 0.6) is 0 Å². The Hall–Kier alpha value is -0.480. The highest BCUT2D eigenvalue weighted by Crippen LogP contribution is 2.21. The Morgan fingerprint density at radius 1 is 1.56 bits per heavy atom. The highest BCUT2D eigenvalue weighted by molar-refractivity contribution is 9.10. The molecule has 0 aliphatic rings. The van der Waals surface area contributed by atoms with Crippen molar-refractivity contribution in [2.24, 2.45) is 0 Å². The molecule has 0 saturated carbocycles. The first-order valence-electron chi connectivity index (χ1n) is 5.20. The lowest BCUT2D eigenvalue weighted by Crippen LogP contribution is -2.49. The van der Waals surface area contributed by atoms with Crippen LogP contribution in [0.1, 0.15) is 37.0 Å². The quantitative estimate of drug-likeness (QED) is 0.845. The van der Waals surface area contributed by atoms with Crippen LogP contribution in [0.25, 0.3) is 0 Å². The molecule has 16 heavy (non-hydrogen) atoms. The maximum atomic E-state index is 12.0. The van der Waals surface area contributed by atoms with Crippen molar-refractivity contribution in [2.45, 2.75) is 32.2 Å². The second kappa shape index (κ2) is 5.73. The highest BCUT2D eigenvalue weighted by Gasteiger charge is 2.28. The molecule has 5 heteroatoms. The smallest absolute Gasteiger partial charge is 0.256 e. The van der Waals surface area contributed by atoms with Crippen LogP contribution in [0.3, 0.4) is 0 Å². The number of hydrogen-bond acceptors (Lipinski definition) is 2. The van der Waals surface area contributed by atoms with Crippen LogP contribution < -0.4 is 5.32 Å². The van der Waals surface area contributed by atoms with Gasteiger partial charge in [-0.2, -0.15) is 0 Å². The molecule has 1 heterocycles. The monoisotopic (exact) mass is 307 g/mol. The van der Waals surface area contributed by atoms with Gasteiger partial charge in [0, 0.05) is 5.88 Å². The first kappa shape index (κ1) is 13.6. The second-order valence-electron chi connectivity index (χ2n) is 3.68. The number of rotatable bonds is 5. The average molecular weight is 309 g/mol. The van der Waals surface area contributed by atoms with Gasteiger partial charge in [0.25, 0.3) is 5.91 Å². The number of furan rings is 1. The van der Waals surface area contributed by atoms with E-state index < -0.39 is 0 Å². The molecule has 0 aromatic carbocycles. The minimum atomic E-state index is -0.338. The Kier molecular flexibility index (Phi) is 4.87. The molecule has 1 aromatic rings. The lowest BCUT2D eigenvalue weighted by atomic mass is 9.95. The van der Waals surface area contributed by atoms with E-state index in [0.29, 0.717) is 16.1 Å². The minimum absolute atomic E-state index is 0.162. The summed E-state index contributed by atoms with van der Waals surface area (Å²) >= 11 is 9.10. The number of amides is 1. The van der Waals surface area contributed by atoms with Crippen LogP contribution in [-0.2, 0) is 0 Å². The fraction of sp³-hybridized carbons (Fsp3) is 0.545. The summed E-state index contributed by atoms with van der Waals surface area (Å²) in [6.07, 6.45) is 3.07. The fourth-order valence-corrected chi connectivity index (χ4v) is 2.28. The summed E-state index contributed by atoms with van der Waals surface area (Å²) in [6, 6.07) is 1.63. The van der Waals surface area contributed by atoms with Gasteiger partial charge in [-0.1, -0.05) is 13.8 Å². The molecule has 0 bridgehead atoms. The van der Waals surface area contributed by atoms with Crippen molar-refractivity contribution in [3.05, 3.63) is 22.6 Å².